The second-order valence-corrected chi connectivity index (χ2v) is 5.34. The maximum Gasteiger partial charge on any atom is 0.141 e. The number of nitrogens with one attached hydrogen (secondary N) is 1. The van der Waals surface area contributed by atoms with Crippen LogP contribution in [0.1, 0.15) is 11.1 Å². The Morgan fingerprint density at radius 3 is 2.64 bits per heavy atom. The Kier molecular flexibility index (Phi) is 3.94. The zero-order valence-corrected chi connectivity index (χ0v) is 12.6. The zero-order valence-electron chi connectivity index (χ0n) is 11.8. The monoisotopic (exact) mass is 310 g/mol. The van der Waals surface area contributed by atoms with Crippen LogP contribution in [0.5, 0.6) is 0 Å². The van der Waals surface area contributed by atoms with E-state index in [1.54, 1.807) is 6.20 Å². The summed E-state index contributed by atoms with van der Waals surface area (Å²) in [6.07, 6.45) is 3.64. The van der Waals surface area contributed by atoms with E-state index in [0.717, 1.165) is 22.5 Å². The van der Waals surface area contributed by atoms with Crippen molar-refractivity contribution in [3.63, 3.8) is 0 Å². The molecule has 0 saturated heterocycles. The van der Waals surface area contributed by atoms with Gasteiger partial charge >= 0.3 is 0 Å². The molecule has 0 aliphatic heterocycles. The molecule has 0 unspecified atom stereocenters. The first-order valence-electron chi connectivity index (χ1n) is 6.85. The van der Waals surface area contributed by atoms with E-state index in [1.807, 2.05) is 59.3 Å². The van der Waals surface area contributed by atoms with Crippen molar-refractivity contribution in [2.24, 2.45) is 5.73 Å². The van der Waals surface area contributed by atoms with Gasteiger partial charge in [0, 0.05) is 30.1 Å². The molecular formula is C17H15ClN4. The quantitative estimate of drug-likeness (QED) is 0.571. The number of rotatable bonds is 4. The Hall–Kier alpha value is -2.59. The molecule has 0 bridgehead atoms. The van der Waals surface area contributed by atoms with Crippen LogP contribution >= 0.6 is 11.6 Å². The van der Waals surface area contributed by atoms with E-state index < -0.39 is 0 Å². The van der Waals surface area contributed by atoms with Gasteiger partial charge in [-0.15, -0.1) is 0 Å². The highest BCUT2D eigenvalue weighted by Crippen LogP contribution is 2.26. The largest absolute Gasteiger partial charge is 0.384 e. The SMILES string of the molecule is N=C(N)c1ccccc1Cn1ccnc1-c1ccccc1Cl. The molecule has 0 aliphatic rings. The molecule has 3 aromatic rings. The number of amidine groups is 1. The van der Waals surface area contributed by atoms with Gasteiger partial charge in [0.2, 0.25) is 0 Å². The van der Waals surface area contributed by atoms with Gasteiger partial charge < -0.3 is 10.3 Å². The number of nitrogen functional groups attached to an aromatic ring is 1. The molecule has 22 heavy (non-hydrogen) atoms. The minimum atomic E-state index is 0.0648. The standard InChI is InChI=1S/C17H15ClN4/c18-15-8-4-3-7-14(15)17-21-9-10-22(17)11-12-5-1-2-6-13(12)16(19)20/h1-10H,11H2,(H3,19,20). The van der Waals surface area contributed by atoms with E-state index >= 15 is 0 Å². The van der Waals surface area contributed by atoms with Crippen LogP contribution in [-0.4, -0.2) is 15.4 Å². The zero-order chi connectivity index (χ0) is 15.5. The van der Waals surface area contributed by atoms with Gasteiger partial charge in [-0.2, -0.15) is 0 Å². The lowest BCUT2D eigenvalue weighted by Gasteiger charge is -2.12. The molecule has 110 valence electrons. The smallest absolute Gasteiger partial charge is 0.141 e. The first-order chi connectivity index (χ1) is 10.7. The number of benzene rings is 2. The summed E-state index contributed by atoms with van der Waals surface area (Å²) in [5, 5.41) is 8.35. The van der Waals surface area contributed by atoms with Crippen LogP contribution in [0.4, 0.5) is 0 Å². The molecule has 0 amide bonds. The van der Waals surface area contributed by atoms with Crippen molar-refractivity contribution < 1.29 is 0 Å². The van der Waals surface area contributed by atoms with Crippen LogP contribution in [0.25, 0.3) is 11.4 Å². The Morgan fingerprint density at radius 1 is 1.14 bits per heavy atom. The summed E-state index contributed by atoms with van der Waals surface area (Å²) in [4.78, 5) is 4.41. The third kappa shape index (κ3) is 2.73. The fourth-order valence-corrected chi connectivity index (χ4v) is 2.65. The Balaban J connectivity index is 2.01. The van der Waals surface area contributed by atoms with Crippen LogP contribution in [0.15, 0.2) is 60.9 Å². The number of nitrogens with two attached hydrogens (primary N) is 1. The van der Waals surface area contributed by atoms with Crippen LogP contribution in [0, 0.1) is 5.41 Å². The number of halogens is 1. The van der Waals surface area contributed by atoms with Crippen molar-refractivity contribution in [3.05, 3.63) is 77.1 Å². The fourth-order valence-electron chi connectivity index (χ4n) is 2.43. The predicted octanol–water partition coefficient (Wildman–Crippen LogP) is 3.54. The van der Waals surface area contributed by atoms with Gasteiger partial charge in [-0.1, -0.05) is 48.0 Å². The topological polar surface area (TPSA) is 67.7 Å². The Morgan fingerprint density at radius 2 is 1.86 bits per heavy atom. The van der Waals surface area contributed by atoms with E-state index in [-0.39, 0.29) is 5.84 Å². The van der Waals surface area contributed by atoms with E-state index in [4.69, 9.17) is 22.7 Å². The summed E-state index contributed by atoms with van der Waals surface area (Å²) in [5.41, 5.74) is 8.25. The molecule has 1 aromatic heterocycles. The second kappa shape index (κ2) is 6.03. The summed E-state index contributed by atoms with van der Waals surface area (Å²) < 4.78 is 2.00. The van der Waals surface area contributed by atoms with Crippen molar-refractivity contribution in [2.45, 2.75) is 6.54 Å². The van der Waals surface area contributed by atoms with E-state index in [0.29, 0.717) is 11.6 Å². The lowest BCUT2D eigenvalue weighted by molar-refractivity contribution is 0.805. The van der Waals surface area contributed by atoms with Gasteiger partial charge in [-0.05, 0) is 17.7 Å². The number of imidazole rings is 1. The average Bonchev–Trinajstić information content (AvgIpc) is 2.96. The van der Waals surface area contributed by atoms with Crippen LogP contribution in [0.2, 0.25) is 5.02 Å². The Labute approximate surface area is 133 Å². The summed E-state index contributed by atoms with van der Waals surface area (Å²) in [5.74, 6) is 0.860. The lowest BCUT2D eigenvalue weighted by atomic mass is 10.1. The molecule has 0 aliphatic carbocycles. The molecule has 1 heterocycles. The van der Waals surface area contributed by atoms with Gasteiger partial charge in [0.1, 0.15) is 11.7 Å². The summed E-state index contributed by atoms with van der Waals surface area (Å²) >= 11 is 6.26. The number of nitrogens with zero attached hydrogens (tertiary/aromatic N) is 2. The predicted molar refractivity (Wildman–Crippen MR) is 89.2 cm³/mol. The van der Waals surface area contributed by atoms with E-state index in [1.165, 1.54) is 0 Å². The van der Waals surface area contributed by atoms with Crippen LogP contribution in [0.3, 0.4) is 0 Å². The molecule has 0 atom stereocenters. The first-order valence-corrected chi connectivity index (χ1v) is 7.23. The highest BCUT2D eigenvalue weighted by atomic mass is 35.5. The normalized spacial score (nSPS) is 10.6. The molecule has 4 nitrogen and oxygen atoms in total. The third-order valence-corrected chi connectivity index (χ3v) is 3.81. The van der Waals surface area contributed by atoms with Crippen molar-refractivity contribution >= 4 is 17.4 Å². The fraction of sp³-hybridized carbons (Fsp3) is 0.0588. The number of hydrogen-bond acceptors (Lipinski definition) is 2. The van der Waals surface area contributed by atoms with E-state index in [2.05, 4.69) is 4.98 Å². The molecule has 3 N–H and O–H groups in total. The lowest BCUT2D eigenvalue weighted by Crippen LogP contribution is -2.15. The maximum absolute atomic E-state index is 7.69. The van der Waals surface area contributed by atoms with Gasteiger partial charge in [0.15, 0.2) is 0 Å². The molecular weight excluding hydrogens is 296 g/mol. The Bertz CT molecular complexity index is 823. The van der Waals surface area contributed by atoms with Crippen molar-refractivity contribution in [1.29, 1.82) is 5.41 Å². The van der Waals surface area contributed by atoms with Crippen molar-refractivity contribution in [3.8, 4) is 11.4 Å². The summed E-state index contributed by atoms with van der Waals surface area (Å²) in [6, 6.07) is 15.2. The van der Waals surface area contributed by atoms with Gasteiger partial charge in [-0.3, -0.25) is 5.41 Å². The summed E-state index contributed by atoms with van der Waals surface area (Å²) in [7, 11) is 0. The summed E-state index contributed by atoms with van der Waals surface area (Å²) in [6.45, 7) is 0.580. The average molecular weight is 311 g/mol. The second-order valence-electron chi connectivity index (χ2n) is 4.93. The number of aromatic nitrogens is 2. The van der Waals surface area contributed by atoms with Crippen molar-refractivity contribution in [1.82, 2.24) is 9.55 Å². The molecule has 2 aromatic carbocycles. The number of hydrogen-bond donors (Lipinski definition) is 2. The highest BCUT2D eigenvalue weighted by molar-refractivity contribution is 6.33. The van der Waals surface area contributed by atoms with Crippen LogP contribution in [-0.2, 0) is 6.54 Å². The molecule has 0 spiro atoms. The van der Waals surface area contributed by atoms with Crippen molar-refractivity contribution in [2.75, 3.05) is 0 Å². The highest BCUT2D eigenvalue weighted by Gasteiger charge is 2.11. The minimum absolute atomic E-state index is 0.0648. The van der Waals surface area contributed by atoms with Gasteiger partial charge in [0.05, 0.1) is 5.02 Å². The maximum atomic E-state index is 7.69. The minimum Gasteiger partial charge on any atom is -0.384 e. The first kappa shape index (κ1) is 14.4. The van der Waals surface area contributed by atoms with Crippen LogP contribution < -0.4 is 5.73 Å². The molecule has 0 radical (unpaired) electrons. The van der Waals surface area contributed by atoms with Gasteiger partial charge in [-0.25, -0.2) is 4.98 Å². The molecule has 0 saturated carbocycles. The van der Waals surface area contributed by atoms with Gasteiger partial charge in [0.25, 0.3) is 0 Å². The molecule has 0 fully saturated rings. The molecule has 3 rings (SSSR count). The molecule has 5 heteroatoms. The van der Waals surface area contributed by atoms with E-state index in [9.17, 15) is 0 Å². The third-order valence-electron chi connectivity index (χ3n) is 3.48.